The Kier molecular flexibility index (Phi) is 9.61. The maximum Gasteiger partial charge on any atom is 0.124 e. The van der Waals surface area contributed by atoms with Gasteiger partial charge in [0.15, 0.2) is 0 Å². The summed E-state index contributed by atoms with van der Waals surface area (Å²) in [6, 6.07) is 5.60. The summed E-state index contributed by atoms with van der Waals surface area (Å²) >= 11 is 9.36. The average molecular weight is 671 g/mol. The summed E-state index contributed by atoms with van der Waals surface area (Å²) < 4.78 is 3.09. The highest BCUT2D eigenvalue weighted by Crippen LogP contribution is 2.45. The van der Waals surface area contributed by atoms with Gasteiger partial charge < -0.3 is 0 Å². The summed E-state index contributed by atoms with van der Waals surface area (Å²) in [5.74, 6) is 1.80. The molecule has 29 heavy (non-hydrogen) atoms. The lowest BCUT2D eigenvalue weighted by Crippen LogP contribution is -2.57. The summed E-state index contributed by atoms with van der Waals surface area (Å²) in [6.07, 6.45) is 11.0. The molecule has 0 saturated carbocycles. The van der Waals surface area contributed by atoms with Gasteiger partial charge in [0, 0.05) is 18.7 Å². The molecule has 2 atom stereocenters. The lowest BCUT2D eigenvalue weighted by atomic mass is 10.0. The molecule has 0 spiro atoms. The van der Waals surface area contributed by atoms with Gasteiger partial charge in [0.05, 0.1) is 2.88 Å². The molecule has 1 aliphatic heterocycles. The largest absolute Gasteiger partial charge is 0.142 e. The van der Waals surface area contributed by atoms with Gasteiger partial charge in [-0.1, -0.05) is 79.1 Å². The van der Waals surface area contributed by atoms with Gasteiger partial charge in [-0.3, -0.25) is 0 Å². The molecule has 2 aromatic rings. The van der Waals surface area contributed by atoms with Crippen molar-refractivity contribution in [3.63, 3.8) is 0 Å². The van der Waals surface area contributed by atoms with Gasteiger partial charge in [0.2, 0.25) is 0 Å². The van der Waals surface area contributed by atoms with Crippen molar-refractivity contribution in [1.29, 1.82) is 0 Å². The Morgan fingerprint density at radius 3 is 2.00 bits per heavy atom. The summed E-state index contributed by atoms with van der Waals surface area (Å²) in [6.45, 7) is 9.60. The van der Waals surface area contributed by atoms with Gasteiger partial charge in [-0.25, -0.2) is 0 Å². The van der Waals surface area contributed by atoms with Gasteiger partial charge in [-0.05, 0) is 85.5 Å². The van der Waals surface area contributed by atoms with Crippen LogP contribution in [0.3, 0.4) is 0 Å². The van der Waals surface area contributed by atoms with Crippen molar-refractivity contribution in [2.24, 2.45) is 11.8 Å². The van der Waals surface area contributed by atoms with E-state index < -0.39 is 8.07 Å². The van der Waals surface area contributed by atoms with Crippen molar-refractivity contribution in [1.82, 2.24) is 0 Å². The van der Waals surface area contributed by atoms with Crippen LogP contribution in [0.1, 0.15) is 79.1 Å². The maximum atomic E-state index is 2.67. The molecule has 0 saturated heterocycles. The molecule has 2 aromatic heterocycles. The lowest BCUT2D eigenvalue weighted by molar-refractivity contribution is 0.469. The van der Waals surface area contributed by atoms with Crippen LogP contribution in [-0.2, 0) is 0 Å². The first kappa shape index (κ1) is 24.7. The zero-order chi connectivity index (χ0) is 21.0. The van der Waals surface area contributed by atoms with Crippen molar-refractivity contribution in [3.05, 3.63) is 17.9 Å². The van der Waals surface area contributed by atoms with E-state index in [9.17, 15) is 0 Å². The van der Waals surface area contributed by atoms with Gasteiger partial charge in [-0.15, -0.1) is 22.7 Å². The summed E-state index contributed by atoms with van der Waals surface area (Å²) in [4.78, 5) is 3.33. The highest BCUT2D eigenvalue weighted by molar-refractivity contribution is 14.1. The number of fused-ring (bicyclic) bond motifs is 3. The third-order valence-corrected chi connectivity index (χ3v) is 17.6. The first-order valence-electron chi connectivity index (χ1n) is 11.6. The van der Waals surface area contributed by atoms with Crippen molar-refractivity contribution < 1.29 is 0 Å². The second kappa shape index (κ2) is 11.3. The van der Waals surface area contributed by atoms with Crippen LogP contribution in [-0.4, -0.2) is 8.07 Å². The molecule has 162 valence electrons. The minimum Gasteiger partial charge on any atom is -0.142 e. The minimum atomic E-state index is -1.70. The number of rotatable bonds is 12. The topological polar surface area (TPSA) is 0 Å². The fraction of sp³-hybridized carbons (Fsp3) is 0.667. The van der Waals surface area contributed by atoms with E-state index >= 15 is 0 Å². The Labute approximate surface area is 215 Å². The molecule has 0 nitrogen and oxygen atoms in total. The number of thiophene rings is 2. The van der Waals surface area contributed by atoms with Crippen molar-refractivity contribution >= 4 is 86.3 Å². The highest BCUT2D eigenvalue weighted by atomic mass is 127. The van der Waals surface area contributed by atoms with E-state index in [0.717, 1.165) is 11.8 Å². The molecular weight excluding hydrogens is 634 g/mol. The van der Waals surface area contributed by atoms with Gasteiger partial charge in [-0.2, -0.15) is 0 Å². The number of unbranched alkanes of at least 4 members (excludes halogenated alkanes) is 2. The third-order valence-electron chi connectivity index (χ3n) is 7.01. The van der Waals surface area contributed by atoms with E-state index in [0.29, 0.717) is 0 Å². The molecule has 2 unspecified atom stereocenters. The molecule has 0 radical (unpaired) electrons. The SMILES string of the molecule is CCCCC(CC)C[Si]1(CC(CC)CCCC)c2cc(I)sc2-c2scc(I)c21. The first-order valence-corrected chi connectivity index (χ1v) is 17.8. The molecule has 0 N–H and O–H groups in total. The van der Waals surface area contributed by atoms with Crippen molar-refractivity contribution in [3.8, 4) is 9.75 Å². The lowest BCUT2D eigenvalue weighted by Gasteiger charge is -2.36. The van der Waals surface area contributed by atoms with E-state index in [1.807, 2.05) is 21.7 Å². The van der Waals surface area contributed by atoms with Gasteiger partial charge in [0.25, 0.3) is 0 Å². The molecule has 3 heterocycles. The van der Waals surface area contributed by atoms with Crippen LogP contribution in [0.25, 0.3) is 9.75 Å². The molecule has 0 bridgehead atoms. The second-order valence-electron chi connectivity index (χ2n) is 8.90. The average Bonchev–Trinajstić information content (AvgIpc) is 3.35. The fourth-order valence-electron chi connectivity index (χ4n) is 5.35. The standard InChI is InChI=1S/C24H36I2S2Si/c1-5-9-11-17(7-3)15-29(16-18(8-4)12-10-6-2)20-13-21(26)28-22(20)23-24(29)19(25)14-27-23/h13-14,17-18H,5-12,15-16H2,1-4H3. The predicted molar refractivity (Wildman–Crippen MR) is 154 cm³/mol. The monoisotopic (exact) mass is 670 g/mol. The molecule has 5 heteroatoms. The van der Waals surface area contributed by atoms with Crippen LogP contribution in [0, 0.1) is 18.3 Å². The molecule has 0 aliphatic carbocycles. The highest BCUT2D eigenvalue weighted by Gasteiger charge is 2.50. The number of hydrogen-bond acceptors (Lipinski definition) is 2. The van der Waals surface area contributed by atoms with Gasteiger partial charge in [0.1, 0.15) is 8.07 Å². The zero-order valence-corrected chi connectivity index (χ0v) is 25.4. The first-order chi connectivity index (χ1) is 14.0. The van der Waals surface area contributed by atoms with Crippen LogP contribution >= 0.6 is 67.9 Å². The molecule has 0 aromatic carbocycles. The predicted octanol–water partition coefficient (Wildman–Crippen LogP) is 9.00. The summed E-state index contributed by atoms with van der Waals surface area (Å²) in [7, 11) is -1.70. The Hall–Kier alpha value is 1.08. The maximum absolute atomic E-state index is 2.67. The van der Waals surface area contributed by atoms with E-state index in [-0.39, 0.29) is 0 Å². The Bertz CT molecular complexity index is 777. The number of hydrogen-bond donors (Lipinski definition) is 0. The molecule has 0 amide bonds. The Morgan fingerprint density at radius 2 is 1.48 bits per heavy atom. The number of halogens is 2. The second-order valence-corrected chi connectivity index (χ2v) is 17.9. The third kappa shape index (κ3) is 5.19. The van der Waals surface area contributed by atoms with Crippen LogP contribution < -0.4 is 10.4 Å². The quantitative estimate of drug-likeness (QED) is 0.156. The Morgan fingerprint density at radius 1 is 0.897 bits per heavy atom. The van der Waals surface area contributed by atoms with Crippen LogP contribution in [0.4, 0.5) is 0 Å². The van der Waals surface area contributed by atoms with Crippen LogP contribution in [0.15, 0.2) is 11.4 Å². The van der Waals surface area contributed by atoms with Crippen LogP contribution in [0.5, 0.6) is 0 Å². The molecule has 0 fully saturated rings. The summed E-state index contributed by atoms with van der Waals surface area (Å²) in [5, 5.41) is 6.14. The molecular formula is C24H36I2S2Si. The fourth-order valence-corrected chi connectivity index (χ4v) is 19.0. The van der Waals surface area contributed by atoms with Crippen molar-refractivity contribution in [2.75, 3.05) is 0 Å². The van der Waals surface area contributed by atoms with E-state index in [2.05, 4.69) is 95.7 Å². The van der Waals surface area contributed by atoms with Crippen LogP contribution in [0.2, 0.25) is 12.1 Å². The molecule has 3 rings (SSSR count). The van der Waals surface area contributed by atoms with Gasteiger partial charge >= 0.3 is 0 Å². The van der Waals surface area contributed by atoms with E-state index in [4.69, 9.17) is 0 Å². The Balaban J connectivity index is 2.08. The summed E-state index contributed by atoms with van der Waals surface area (Å²) in [5.41, 5.74) is 0. The van der Waals surface area contributed by atoms with E-state index in [1.165, 1.54) is 66.3 Å². The van der Waals surface area contributed by atoms with E-state index in [1.54, 1.807) is 13.3 Å². The molecule has 1 aliphatic rings. The zero-order valence-electron chi connectivity index (χ0n) is 18.5. The minimum absolute atomic E-state index is 0.900. The smallest absolute Gasteiger partial charge is 0.124 e. The van der Waals surface area contributed by atoms with Crippen molar-refractivity contribution in [2.45, 2.75) is 91.1 Å². The normalized spacial score (nSPS) is 19.9.